The van der Waals surface area contributed by atoms with Crippen molar-refractivity contribution in [3.05, 3.63) is 35.9 Å². The summed E-state index contributed by atoms with van der Waals surface area (Å²) < 4.78 is 5.11. The number of ether oxygens (including phenoxy) is 1. The third-order valence-electron chi connectivity index (χ3n) is 4.82. The fourth-order valence-electron chi connectivity index (χ4n) is 3.48. The van der Waals surface area contributed by atoms with E-state index in [1.165, 1.54) is 25.7 Å². The molecule has 118 valence electrons. The number of rotatable bonds is 6. The van der Waals surface area contributed by atoms with Crippen LogP contribution in [0.5, 0.6) is 0 Å². The average molecular weight is 301 g/mol. The number of Topliss-reactive ketones (excluding diaryl/α,β-unsaturated/α-hetero) is 1. The highest BCUT2D eigenvalue weighted by molar-refractivity contribution is 5.89. The summed E-state index contributed by atoms with van der Waals surface area (Å²) in [7, 11) is 0. The van der Waals surface area contributed by atoms with Crippen molar-refractivity contribution in [1.29, 1.82) is 0 Å². The Morgan fingerprint density at radius 1 is 1.18 bits per heavy atom. The number of nitrogens with zero attached hydrogens (tertiary/aromatic N) is 1. The molecule has 1 aliphatic heterocycles. The van der Waals surface area contributed by atoms with Crippen LogP contribution in [0.4, 0.5) is 4.79 Å². The molecule has 22 heavy (non-hydrogen) atoms. The first-order valence-electron chi connectivity index (χ1n) is 8.24. The van der Waals surface area contributed by atoms with Crippen molar-refractivity contribution in [2.75, 3.05) is 6.61 Å². The van der Waals surface area contributed by atoms with Crippen LogP contribution in [-0.4, -0.2) is 29.4 Å². The van der Waals surface area contributed by atoms with Gasteiger partial charge >= 0.3 is 6.09 Å². The van der Waals surface area contributed by atoms with Crippen molar-refractivity contribution < 1.29 is 14.3 Å². The van der Waals surface area contributed by atoms with Crippen LogP contribution in [0, 0.1) is 5.92 Å². The molecule has 2 fully saturated rings. The predicted molar refractivity (Wildman–Crippen MR) is 83.3 cm³/mol. The lowest BCUT2D eigenvalue weighted by atomic mass is 9.97. The molecule has 1 aromatic carbocycles. The highest BCUT2D eigenvalue weighted by Gasteiger charge is 2.37. The van der Waals surface area contributed by atoms with Crippen molar-refractivity contribution in [2.45, 2.75) is 51.1 Å². The quantitative estimate of drug-likeness (QED) is 0.807. The van der Waals surface area contributed by atoms with Gasteiger partial charge in [0.15, 0.2) is 5.78 Å². The minimum Gasteiger partial charge on any atom is -0.447 e. The normalized spacial score (nSPS) is 22.1. The van der Waals surface area contributed by atoms with Gasteiger partial charge in [0.1, 0.15) is 12.6 Å². The third-order valence-corrected chi connectivity index (χ3v) is 4.82. The molecule has 1 atom stereocenters. The van der Waals surface area contributed by atoms with E-state index in [2.05, 4.69) is 0 Å². The maximum absolute atomic E-state index is 12.5. The lowest BCUT2D eigenvalue weighted by Crippen LogP contribution is -2.39. The number of carbonyl (C=O) groups is 2. The zero-order valence-electron chi connectivity index (χ0n) is 12.9. The van der Waals surface area contributed by atoms with Gasteiger partial charge in [0.2, 0.25) is 0 Å². The van der Waals surface area contributed by atoms with Crippen LogP contribution in [0.25, 0.3) is 0 Å². The molecule has 4 nitrogen and oxygen atoms in total. The van der Waals surface area contributed by atoms with Gasteiger partial charge in [-0.3, -0.25) is 9.69 Å². The molecule has 0 spiro atoms. The van der Waals surface area contributed by atoms with Gasteiger partial charge in [-0.15, -0.1) is 0 Å². The highest BCUT2D eigenvalue weighted by atomic mass is 16.6. The summed E-state index contributed by atoms with van der Waals surface area (Å²) in [6.07, 6.45) is 6.25. The number of amides is 1. The number of cyclic esters (lactones) is 1. The molecule has 1 saturated heterocycles. The first-order valence-corrected chi connectivity index (χ1v) is 8.24. The number of ketones is 1. The molecular formula is C18H23NO3. The largest absolute Gasteiger partial charge is 0.447 e. The summed E-state index contributed by atoms with van der Waals surface area (Å²) in [6.45, 7) is 0.647. The van der Waals surface area contributed by atoms with Crippen molar-refractivity contribution in [2.24, 2.45) is 5.92 Å². The number of benzene rings is 1. The number of hydrogen-bond donors (Lipinski definition) is 0. The van der Waals surface area contributed by atoms with Crippen LogP contribution in [0.15, 0.2) is 30.3 Å². The molecule has 1 heterocycles. The van der Waals surface area contributed by atoms with Crippen molar-refractivity contribution in [1.82, 2.24) is 4.90 Å². The summed E-state index contributed by atoms with van der Waals surface area (Å²) in [5.41, 5.74) is 1.02. The van der Waals surface area contributed by atoms with Gasteiger partial charge in [0.05, 0.1) is 0 Å². The summed E-state index contributed by atoms with van der Waals surface area (Å²) >= 11 is 0. The molecule has 0 bridgehead atoms. The smallest absolute Gasteiger partial charge is 0.410 e. The van der Waals surface area contributed by atoms with Gasteiger partial charge in [-0.2, -0.15) is 0 Å². The fraction of sp³-hybridized carbons (Fsp3) is 0.556. The first kappa shape index (κ1) is 15.1. The van der Waals surface area contributed by atoms with Gasteiger partial charge in [-0.05, 0) is 17.9 Å². The Kier molecular flexibility index (Phi) is 4.76. The van der Waals surface area contributed by atoms with E-state index < -0.39 is 6.04 Å². The lowest BCUT2D eigenvalue weighted by Gasteiger charge is -2.21. The van der Waals surface area contributed by atoms with Crippen molar-refractivity contribution in [3.63, 3.8) is 0 Å². The van der Waals surface area contributed by atoms with E-state index in [0.717, 1.165) is 12.0 Å². The maximum Gasteiger partial charge on any atom is 0.410 e. The molecule has 0 unspecified atom stereocenters. The third kappa shape index (κ3) is 3.49. The predicted octanol–water partition coefficient (Wildman–Crippen LogP) is 3.55. The zero-order valence-corrected chi connectivity index (χ0v) is 12.9. The molecule has 0 aromatic heterocycles. The van der Waals surface area contributed by atoms with Gasteiger partial charge < -0.3 is 4.74 Å². The first-order chi connectivity index (χ1) is 10.7. The van der Waals surface area contributed by atoms with E-state index in [1.807, 2.05) is 30.3 Å². The van der Waals surface area contributed by atoms with Gasteiger partial charge in [-0.25, -0.2) is 4.79 Å². The molecule has 1 aromatic rings. The highest BCUT2D eigenvalue weighted by Crippen LogP contribution is 2.29. The molecule has 0 radical (unpaired) electrons. The molecular weight excluding hydrogens is 278 g/mol. The molecule has 3 rings (SSSR count). The van der Waals surface area contributed by atoms with E-state index in [1.54, 1.807) is 4.90 Å². The Morgan fingerprint density at radius 2 is 1.91 bits per heavy atom. The molecule has 1 aliphatic carbocycles. The minimum absolute atomic E-state index is 0.147. The monoisotopic (exact) mass is 301 g/mol. The van der Waals surface area contributed by atoms with Crippen LogP contribution < -0.4 is 0 Å². The minimum atomic E-state index is -0.408. The second-order valence-electron chi connectivity index (χ2n) is 6.36. The number of hydrogen-bond acceptors (Lipinski definition) is 3. The summed E-state index contributed by atoms with van der Waals surface area (Å²) in [6, 6.07) is 9.34. The van der Waals surface area contributed by atoms with E-state index >= 15 is 0 Å². The standard InChI is InChI=1S/C18H23NO3/c20-17(11-10-14-6-4-5-7-14)16-13-22-18(21)19(16)12-15-8-2-1-3-9-15/h1-3,8-9,14,16H,4-7,10-13H2/t16-/m0/s1. The molecule has 4 heteroatoms. The Labute approximate surface area is 131 Å². The van der Waals surface area contributed by atoms with E-state index in [-0.39, 0.29) is 18.5 Å². The van der Waals surface area contributed by atoms with Crippen LogP contribution in [0.1, 0.15) is 44.1 Å². The fourth-order valence-corrected chi connectivity index (χ4v) is 3.48. The van der Waals surface area contributed by atoms with Crippen molar-refractivity contribution >= 4 is 11.9 Å². The van der Waals surface area contributed by atoms with E-state index in [4.69, 9.17) is 4.74 Å². The Bertz CT molecular complexity index is 522. The van der Waals surface area contributed by atoms with E-state index in [0.29, 0.717) is 18.9 Å². The summed E-state index contributed by atoms with van der Waals surface area (Å²) in [5, 5.41) is 0. The molecule has 2 aliphatic rings. The SMILES string of the molecule is O=C(CCC1CCCC1)[C@@H]1COC(=O)N1Cc1ccccc1. The van der Waals surface area contributed by atoms with Crippen LogP contribution in [0.3, 0.4) is 0 Å². The lowest BCUT2D eigenvalue weighted by molar-refractivity contribution is -0.123. The van der Waals surface area contributed by atoms with Crippen molar-refractivity contribution in [3.8, 4) is 0 Å². The van der Waals surface area contributed by atoms with Gasteiger partial charge in [0, 0.05) is 13.0 Å². The van der Waals surface area contributed by atoms with Crippen LogP contribution in [-0.2, 0) is 16.1 Å². The molecule has 1 amide bonds. The van der Waals surface area contributed by atoms with Gasteiger partial charge in [-0.1, -0.05) is 56.0 Å². The topological polar surface area (TPSA) is 46.6 Å². The molecule has 1 saturated carbocycles. The Morgan fingerprint density at radius 3 is 2.64 bits per heavy atom. The number of carbonyl (C=O) groups excluding carboxylic acids is 2. The van der Waals surface area contributed by atoms with Gasteiger partial charge in [0.25, 0.3) is 0 Å². The second kappa shape index (κ2) is 6.95. The zero-order chi connectivity index (χ0) is 15.4. The Hall–Kier alpha value is -1.84. The maximum atomic E-state index is 12.5. The van der Waals surface area contributed by atoms with Crippen LogP contribution in [0.2, 0.25) is 0 Å². The summed E-state index contributed by atoms with van der Waals surface area (Å²) in [4.78, 5) is 26.0. The van der Waals surface area contributed by atoms with Crippen LogP contribution >= 0.6 is 0 Å². The second-order valence-corrected chi connectivity index (χ2v) is 6.36. The van der Waals surface area contributed by atoms with E-state index in [9.17, 15) is 9.59 Å². The summed E-state index contributed by atoms with van der Waals surface area (Å²) in [5.74, 6) is 0.846. The molecule has 0 N–H and O–H groups in total. The Balaban J connectivity index is 1.58. The average Bonchev–Trinajstić information content (AvgIpc) is 3.17.